The van der Waals surface area contributed by atoms with Crippen molar-refractivity contribution in [2.45, 2.75) is 32.7 Å². The normalized spacial score (nSPS) is 17.5. The van der Waals surface area contributed by atoms with Crippen LogP contribution in [0.2, 0.25) is 0 Å². The summed E-state index contributed by atoms with van der Waals surface area (Å²) in [6, 6.07) is 13.2. The van der Waals surface area contributed by atoms with Crippen LogP contribution in [0.4, 0.5) is 5.69 Å². The summed E-state index contributed by atoms with van der Waals surface area (Å²) in [5, 5.41) is 10.3. The van der Waals surface area contributed by atoms with Crippen LogP contribution in [0.15, 0.2) is 47.8 Å². The standard InChI is InChI=1S/C24H24N4O3S2/c1-3-16-6-8-17(9-7-16)25-24(29)19-13-20(21-5-4-11-32-21)26-23-22(19)15(2)27-28(23)18-10-12-33(30,31)14-18/h4-9,11,13,18H,3,10,12,14H2,1-2H3,(H,25,29). The molecule has 5 rings (SSSR count). The SMILES string of the molecule is CCc1ccc(NC(=O)c2cc(-c3cccs3)nc3c2c(C)nn3C2CCS(=O)(=O)C2)cc1. The third-order valence-electron chi connectivity index (χ3n) is 6.03. The Morgan fingerprint density at radius 3 is 2.67 bits per heavy atom. The van der Waals surface area contributed by atoms with Crippen LogP contribution in [0.25, 0.3) is 21.6 Å². The molecule has 0 radical (unpaired) electrons. The molecule has 9 heteroatoms. The van der Waals surface area contributed by atoms with E-state index in [4.69, 9.17) is 4.98 Å². The Hall–Kier alpha value is -3.04. The van der Waals surface area contributed by atoms with Gasteiger partial charge in [0.2, 0.25) is 0 Å². The van der Waals surface area contributed by atoms with E-state index < -0.39 is 9.84 Å². The molecule has 0 spiro atoms. The number of pyridine rings is 1. The number of carbonyl (C=O) groups excluding carboxylic acids is 1. The van der Waals surface area contributed by atoms with E-state index in [1.165, 1.54) is 16.9 Å². The van der Waals surface area contributed by atoms with Gasteiger partial charge in [-0.2, -0.15) is 5.10 Å². The van der Waals surface area contributed by atoms with E-state index in [-0.39, 0.29) is 23.5 Å². The number of carbonyl (C=O) groups is 1. The smallest absolute Gasteiger partial charge is 0.256 e. The number of anilines is 1. The van der Waals surface area contributed by atoms with Crippen LogP contribution in [0.5, 0.6) is 0 Å². The molecule has 1 saturated heterocycles. The van der Waals surface area contributed by atoms with E-state index in [9.17, 15) is 13.2 Å². The lowest BCUT2D eigenvalue weighted by Gasteiger charge is -2.12. The van der Waals surface area contributed by atoms with Crippen LogP contribution < -0.4 is 5.32 Å². The fourth-order valence-corrected chi connectivity index (χ4v) is 6.67. The van der Waals surface area contributed by atoms with Crippen LogP contribution in [-0.2, 0) is 16.3 Å². The molecule has 0 aliphatic carbocycles. The summed E-state index contributed by atoms with van der Waals surface area (Å²) in [5.41, 5.74) is 4.27. The minimum absolute atomic E-state index is 0.0411. The molecular formula is C24H24N4O3S2. The van der Waals surface area contributed by atoms with Gasteiger partial charge in [-0.15, -0.1) is 11.3 Å². The van der Waals surface area contributed by atoms with Crippen LogP contribution in [0.3, 0.4) is 0 Å². The second kappa shape index (κ2) is 8.39. The Morgan fingerprint density at radius 2 is 2.03 bits per heavy atom. The summed E-state index contributed by atoms with van der Waals surface area (Å²) in [5.74, 6) is -0.0606. The van der Waals surface area contributed by atoms with Crippen LogP contribution in [0, 0.1) is 6.92 Å². The first-order chi connectivity index (χ1) is 15.8. The first-order valence-corrected chi connectivity index (χ1v) is 13.6. The van der Waals surface area contributed by atoms with Gasteiger partial charge in [0.1, 0.15) is 0 Å². The van der Waals surface area contributed by atoms with Crippen molar-refractivity contribution in [2.75, 3.05) is 16.8 Å². The average molecular weight is 481 g/mol. The van der Waals surface area contributed by atoms with E-state index in [1.807, 2.05) is 48.7 Å². The highest BCUT2D eigenvalue weighted by molar-refractivity contribution is 7.91. The summed E-state index contributed by atoms with van der Waals surface area (Å²) in [6.45, 7) is 3.92. The molecule has 4 aromatic rings. The Bertz CT molecular complexity index is 1440. The summed E-state index contributed by atoms with van der Waals surface area (Å²) < 4.78 is 25.9. The van der Waals surface area contributed by atoms with E-state index in [2.05, 4.69) is 17.3 Å². The number of hydrogen-bond donors (Lipinski definition) is 1. The van der Waals surface area contributed by atoms with Gasteiger partial charge in [-0.1, -0.05) is 25.1 Å². The van der Waals surface area contributed by atoms with Gasteiger partial charge in [0.25, 0.3) is 5.91 Å². The number of nitrogens with one attached hydrogen (secondary N) is 1. The van der Waals surface area contributed by atoms with Gasteiger partial charge in [-0.05, 0) is 55.0 Å². The number of nitrogens with zero attached hydrogens (tertiary/aromatic N) is 3. The fourth-order valence-electron chi connectivity index (χ4n) is 4.29. The molecule has 33 heavy (non-hydrogen) atoms. The second-order valence-electron chi connectivity index (χ2n) is 8.32. The number of amides is 1. The van der Waals surface area contributed by atoms with E-state index in [1.54, 1.807) is 10.7 Å². The Morgan fingerprint density at radius 1 is 1.24 bits per heavy atom. The van der Waals surface area contributed by atoms with Gasteiger partial charge in [0.05, 0.1) is 44.8 Å². The monoisotopic (exact) mass is 480 g/mol. The maximum atomic E-state index is 13.4. The van der Waals surface area contributed by atoms with Gasteiger partial charge in [0, 0.05) is 5.69 Å². The van der Waals surface area contributed by atoms with Crippen LogP contribution in [0.1, 0.15) is 41.0 Å². The molecule has 1 aliphatic rings. The van der Waals surface area contributed by atoms with Crippen molar-refractivity contribution in [3.63, 3.8) is 0 Å². The van der Waals surface area contributed by atoms with Gasteiger partial charge in [-0.3, -0.25) is 4.79 Å². The molecule has 1 amide bonds. The molecule has 0 saturated carbocycles. The van der Waals surface area contributed by atoms with E-state index in [0.717, 1.165) is 11.3 Å². The van der Waals surface area contributed by atoms with Gasteiger partial charge in [0.15, 0.2) is 15.5 Å². The highest BCUT2D eigenvalue weighted by Gasteiger charge is 2.32. The second-order valence-corrected chi connectivity index (χ2v) is 11.5. The van der Waals surface area contributed by atoms with Crippen molar-refractivity contribution in [2.24, 2.45) is 0 Å². The molecule has 0 bridgehead atoms. The number of sulfone groups is 1. The molecule has 1 aromatic carbocycles. The number of fused-ring (bicyclic) bond motifs is 1. The molecule has 1 fully saturated rings. The maximum absolute atomic E-state index is 13.4. The third kappa shape index (κ3) is 4.18. The van der Waals surface area contributed by atoms with E-state index >= 15 is 0 Å². The number of hydrogen-bond acceptors (Lipinski definition) is 6. The lowest BCUT2D eigenvalue weighted by molar-refractivity contribution is 0.102. The first kappa shape index (κ1) is 21.8. The number of aryl methyl sites for hydroxylation is 2. The quantitative estimate of drug-likeness (QED) is 0.449. The van der Waals surface area contributed by atoms with Gasteiger partial charge >= 0.3 is 0 Å². The largest absolute Gasteiger partial charge is 0.322 e. The van der Waals surface area contributed by atoms with Gasteiger partial charge < -0.3 is 5.32 Å². The summed E-state index contributed by atoms with van der Waals surface area (Å²) in [6.07, 6.45) is 1.42. The minimum atomic E-state index is -3.10. The number of benzene rings is 1. The van der Waals surface area contributed by atoms with Gasteiger partial charge in [-0.25, -0.2) is 18.1 Å². The fraction of sp³-hybridized carbons (Fsp3) is 0.292. The zero-order chi connectivity index (χ0) is 23.2. The van der Waals surface area contributed by atoms with Crippen LogP contribution >= 0.6 is 11.3 Å². The summed E-state index contributed by atoms with van der Waals surface area (Å²) in [7, 11) is -3.10. The lowest BCUT2D eigenvalue weighted by Crippen LogP contribution is -2.15. The van der Waals surface area contributed by atoms with Crippen molar-refractivity contribution in [3.8, 4) is 10.6 Å². The Labute approximate surface area is 196 Å². The zero-order valence-corrected chi connectivity index (χ0v) is 20.0. The Balaban J connectivity index is 1.63. The predicted molar refractivity (Wildman–Crippen MR) is 132 cm³/mol. The maximum Gasteiger partial charge on any atom is 0.256 e. The molecule has 1 aliphatic heterocycles. The zero-order valence-electron chi connectivity index (χ0n) is 18.4. The molecule has 3 aromatic heterocycles. The molecule has 4 heterocycles. The molecule has 1 unspecified atom stereocenters. The van der Waals surface area contributed by atoms with Crippen molar-refractivity contribution < 1.29 is 13.2 Å². The molecule has 1 N–H and O–H groups in total. The Kier molecular flexibility index (Phi) is 5.54. The van der Waals surface area contributed by atoms with Crippen LogP contribution in [-0.4, -0.2) is 40.6 Å². The molecule has 1 atom stereocenters. The topological polar surface area (TPSA) is 93.9 Å². The van der Waals surface area contributed by atoms with Crippen molar-refractivity contribution in [1.82, 2.24) is 14.8 Å². The highest BCUT2D eigenvalue weighted by Crippen LogP contribution is 2.33. The number of aromatic nitrogens is 3. The number of rotatable bonds is 5. The lowest BCUT2D eigenvalue weighted by atomic mass is 10.1. The van der Waals surface area contributed by atoms with Crippen molar-refractivity contribution >= 4 is 43.8 Å². The molecular weight excluding hydrogens is 456 g/mol. The minimum Gasteiger partial charge on any atom is -0.322 e. The van der Waals surface area contributed by atoms with Crippen molar-refractivity contribution in [3.05, 3.63) is 64.7 Å². The molecule has 170 valence electrons. The third-order valence-corrected chi connectivity index (χ3v) is 8.67. The summed E-state index contributed by atoms with van der Waals surface area (Å²) >= 11 is 1.54. The number of thiophene rings is 1. The molecule has 7 nitrogen and oxygen atoms in total. The average Bonchev–Trinajstić information content (AvgIpc) is 3.53. The highest BCUT2D eigenvalue weighted by atomic mass is 32.2. The predicted octanol–water partition coefficient (Wildman–Crippen LogP) is 4.64. The summed E-state index contributed by atoms with van der Waals surface area (Å²) in [4.78, 5) is 19.2. The van der Waals surface area contributed by atoms with E-state index in [0.29, 0.717) is 40.1 Å². The first-order valence-electron chi connectivity index (χ1n) is 10.9. The van der Waals surface area contributed by atoms with Crippen molar-refractivity contribution in [1.29, 1.82) is 0 Å².